The Morgan fingerprint density at radius 1 is 1.55 bits per heavy atom. The molecule has 0 saturated heterocycles. The Morgan fingerprint density at radius 2 is 2.25 bits per heavy atom. The summed E-state index contributed by atoms with van der Waals surface area (Å²) in [6.45, 7) is 3.88. The van der Waals surface area contributed by atoms with E-state index in [1.165, 1.54) is 10.6 Å². The van der Waals surface area contributed by atoms with Crippen LogP contribution in [0.15, 0.2) is 12.3 Å². The summed E-state index contributed by atoms with van der Waals surface area (Å²) in [4.78, 5) is 15.7. The Bertz CT molecular complexity index is 708. The van der Waals surface area contributed by atoms with Gasteiger partial charge in [-0.1, -0.05) is 13.8 Å². The zero-order valence-electron chi connectivity index (χ0n) is 11.1. The van der Waals surface area contributed by atoms with Crippen molar-refractivity contribution in [3.8, 4) is 0 Å². The molecule has 20 heavy (non-hydrogen) atoms. The highest BCUT2D eigenvalue weighted by Gasteiger charge is 2.42. The van der Waals surface area contributed by atoms with Gasteiger partial charge in [-0.2, -0.15) is 5.10 Å². The van der Waals surface area contributed by atoms with Crippen LogP contribution in [0.3, 0.4) is 0 Å². The SMILES string of the molecule is CC1(C)CC(C(N)=O)c2cnc3cc(C(F)F)nn3c21. The minimum absolute atomic E-state index is 0.316. The first-order valence-corrected chi connectivity index (χ1v) is 6.28. The average Bonchev–Trinajstić information content (AvgIpc) is 2.87. The van der Waals surface area contributed by atoms with Gasteiger partial charge in [0.1, 0.15) is 5.69 Å². The van der Waals surface area contributed by atoms with Crippen LogP contribution in [0.1, 0.15) is 49.6 Å². The Kier molecular flexibility index (Phi) is 2.57. The maximum atomic E-state index is 12.8. The number of halogens is 2. The number of rotatable bonds is 2. The normalized spacial score (nSPS) is 20.6. The van der Waals surface area contributed by atoms with Crippen molar-refractivity contribution in [2.75, 3.05) is 0 Å². The number of nitrogens with two attached hydrogens (primary N) is 1. The number of aromatic nitrogens is 3. The zero-order chi connectivity index (χ0) is 14.7. The van der Waals surface area contributed by atoms with Crippen LogP contribution in [0.25, 0.3) is 5.65 Å². The number of carbonyl (C=O) groups excluding carboxylic acids is 1. The van der Waals surface area contributed by atoms with Crippen LogP contribution >= 0.6 is 0 Å². The van der Waals surface area contributed by atoms with Crippen LogP contribution < -0.4 is 5.73 Å². The summed E-state index contributed by atoms with van der Waals surface area (Å²) in [6.07, 6.45) is -0.572. The smallest absolute Gasteiger partial charge is 0.282 e. The second-order valence-corrected chi connectivity index (χ2v) is 5.75. The Morgan fingerprint density at radius 3 is 2.85 bits per heavy atom. The predicted octanol–water partition coefficient (Wildman–Crippen LogP) is 1.92. The van der Waals surface area contributed by atoms with E-state index in [1.54, 1.807) is 6.20 Å². The molecule has 0 fully saturated rings. The van der Waals surface area contributed by atoms with Gasteiger partial charge < -0.3 is 5.73 Å². The third-order valence-electron chi connectivity index (χ3n) is 3.83. The lowest BCUT2D eigenvalue weighted by Gasteiger charge is -2.19. The highest BCUT2D eigenvalue weighted by molar-refractivity contribution is 5.83. The molecule has 0 aliphatic heterocycles. The molecule has 2 N–H and O–H groups in total. The number of nitrogens with zero attached hydrogens (tertiary/aromatic N) is 3. The topological polar surface area (TPSA) is 73.3 Å². The van der Waals surface area contributed by atoms with Crippen molar-refractivity contribution in [1.29, 1.82) is 0 Å². The van der Waals surface area contributed by atoms with Crippen LogP contribution in [0.2, 0.25) is 0 Å². The summed E-state index contributed by atoms with van der Waals surface area (Å²) in [5.74, 6) is -0.879. The molecular weight excluding hydrogens is 266 g/mol. The van der Waals surface area contributed by atoms with Gasteiger partial charge in [-0.05, 0) is 6.42 Å². The second kappa shape index (κ2) is 3.97. The number of hydrogen-bond acceptors (Lipinski definition) is 3. The van der Waals surface area contributed by atoms with E-state index in [9.17, 15) is 13.6 Å². The van der Waals surface area contributed by atoms with Gasteiger partial charge in [0, 0.05) is 23.2 Å². The molecule has 2 aromatic heterocycles. The molecule has 2 aromatic rings. The average molecular weight is 280 g/mol. The molecule has 1 aliphatic carbocycles. The lowest BCUT2D eigenvalue weighted by Crippen LogP contribution is -2.21. The highest BCUT2D eigenvalue weighted by Crippen LogP contribution is 2.45. The van der Waals surface area contributed by atoms with Gasteiger partial charge in [-0.15, -0.1) is 0 Å². The fourth-order valence-electron chi connectivity index (χ4n) is 2.97. The van der Waals surface area contributed by atoms with Gasteiger partial charge in [0.05, 0.1) is 11.6 Å². The third kappa shape index (κ3) is 1.69. The van der Waals surface area contributed by atoms with E-state index >= 15 is 0 Å². The molecule has 0 spiro atoms. The van der Waals surface area contributed by atoms with E-state index in [4.69, 9.17) is 5.73 Å². The van der Waals surface area contributed by atoms with Crippen LogP contribution in [0, 0.1) is 0 Å². The van der Waals surface area contributed by atoms with E-state index < -0.39 is 18.3 Å². The van der Waals surface area contributed by atoms with Crippen molar-refractivity contribution in [3.05, 3.63) is 29.2 Å². The number of carbonyl (C=O) groups is 1. The molecule has 2 heterocycles. The van der Waals surface area contributed by atoms with Crippen LogP contribution in [0.5, 0.6) is 0 Å². The monoisotopic (exact) mass is 280 g/mol. The lowest BCUT2D eigenvalue weighted by atomic mass is 9.89. The quantitative estimate of drug-likeness (QED) is 0.913. The number of fused-ring (bicyclic) bond motifs is 3. The van der Waals surface area contributed by atoms with E-state index in [2.05, 4.69) is 10.1 Å². The van der Waals surface area contributed by atoms with Crippen LogP contribution in [-0.2, 0) is 10.2 Å². The van der Waals surface area contributed by atoms with Crippen LogP contribution in [0.4, 0.5) is 8.78 Å². The van der Waals surface area contributed by atoms with Gasteiger partial charge >= 0.3 is 0 Å². The summed E-state index contributed by atoms with van der Waals surface area (Å²) < 4.78 is 27.0. The Labute approximate surface area is 113 Å². The van der Waals surface area contributed by atoms with Crippen molar-refractivity contribution in [2.24, 2.45) is 5.73 Å². The summed E-state index contributed by atoms with van der Waals surface area (Å²) in [5, 5.41) is 3.93. The first-order chi connectivity index (χ1) is 9.31. The molecular formula is C13H14F2N4O. The van der Waals surface area contributed by atoms with Gasteiger partial charge in [-0.3, -0.25) is 4.79 Å². The van der Waals surface area contributed by atoms with Gasteiger partial charge in [-0.25, -0.2) is 18.3 Å². The maximum absolute atomic E-state index is 12.8. The van der Waals surface area contributed by atoms with E-state index in [0.29, 0.717) is 17.6 Å². The first kappa shape index (κ1) is 13.0. The minimum atomic E-state index is -2.65. The summed E-state index contributed by atoms with van der Waals surface area (Å²) in [6, 6.07) is 1.26. The highest BCUT2D eigenvalue weighted by atomic mass is 19.3. The number of alkyl halides is 2. The number of amides is 1. The molecule has 1 aliphatic rings. The molecule has 0 bridgehead atoms. The molecule has 0 saturated carbocycles. The molecule has 3 rings (SSSR count). The van der Waals surface area contributed by atoms with Crippen molar-refractivity contribution in [2.45, 2.75) is 38.0 Å². The minimum Gasteiger partial charge on any atom is -0.369 e. The molecule has 0 aromatic carbocycles. The summed E-state index contributed by atoms with van der Waals surface area (Å²) >= 11 is 0. The van der Waals surface area contributed by atoms with Gasteiger partial charge in [0.25, 0.3) is 6.43 Å². The predicted molar refractivity (Wildman–Crippen MR) is 67.5 cm³/mol. The number of hydrogen-bond donors (Lipinski definition) is 1. The molecule has 0 radical (unpaired) electrons. The van der Waals surface area contributed by atoms with Gasteiger partial charge in [0.2, 0.25) is 5.91 Å². The zero-order valence-corrected chi connectivity index (χ0v) is 11.1. The molecule has 106 valence electrons. The fraction of sp³-hybridized carbons (Fsp3) is 0.462. The largest absolute Gasteiger partial charge is 0.369 e. The van der Waals surface area contributed by atoms with E-state index in [1.807, 2.05) is 13.8 Å². The first-order valence-electron chi connectivity index (χ1n) is 6.28. The Balaban J connectivity index is 2.29. The molecule has 5 nitrogen and oxygen atoms in total. The lowest BCUT2D eigenvalue weighted by molar-refractivity contribution is -0.119. The van der Waals surface area contributed by atoms with E-state index in [0.717, 1.165) is 5.69 Å². The van der Waals surface area contributed by atoms with Crippen LogP contribution in [-0.4, -0.2) is 20.5 Å². The van der Waals surface area contributed by atoms with Gasteiger partial charge in [0.15, 0.2) is 5.65 Å². The van der Waals surface area contributed by atoms with Crippen molar-refractivity contribution in [1.82, 2.24) is 14.6 Å². The standard InChI is InChI=1S/C13H14F2N4O/c1-13(2)4-6(12(16)20)7-5-17-9-3-8(11(14)15)18-19(9)10(7)13/h3,5-6,11H,4H2,1-2H3,(H2,16,20). The molecule has 1 amide bonds. The molecule has 7 heteroatoms. The fourth-order valence-corrected chi connectivity index (χ4v) is 2.97. The maximum Gasteiger partial charge on any atom is 0.282 e. The molecule has 1 unspecified atom stereocenters. The van der Waals surface area contributed by atoms with Crippen molar-refractivity contribution >= 4 is 11.6 Å². The van der Waals surface area contributed by atoms with Crippen molar-refractivity contribution in [3.63, 3.8) is 0 Å². The second-order valence-electron chi connectivity index (χ2n) is 5.75. The van der Waals surface area contributed by atoms with E-state index in [-0.39, 0.29) is 11.1 Å². The molecule has 1 atom stereocenters. The summed E-state index contributed by atoms with van der Waals surface area (Å²) in [7, 11) is 0. The number of primary amides is 1. The Hall–Kier alpha value is -2.05. The summed E-state index contributed by atoms with van der Waals surface area (Å²) in [5.41, 5.74) is 6.50. The third-order valence-corrected chi connectivity index (χ3v) is 3.83. The van der Waals surface area contributed by atoms with Crippen molar-refractivity contribution < 1.29 is 13.6 Å².